The number of hydrogen-bond acceptors (Lipinski definition) is 4. The van der Waals surface area contributed by atoms with Crippen molar-refractivity contribution >= 4 is 11.9 Å². The van der Waals surface area contributed by atoms with E-state index in [1.54, 1.807) is 0 Å². The molecule has 0 unspecified atom stereocenters. The van der Waals surface area contributed by atoms with Crippen molar-refractivity contribution in [1.82, 2.24) is 0 Å². The number of carbonyl (C=O) groups excluding carboxylic acids is 2. The third-order valence-electron chi connectivity index (χ3n) is 0.167. The van der Waals surface area contributed by atoms with Crippen molar-refractivity contribution in [3.05, 3.63) is 0 Å². The van der Waals surface area contributed by atoms with E-state index in [9.17, 15) is 0 Å². The fraction of sp³-hybridized carbons (Fsp3) is 0. The largest absolute Gasteiger partial charge is 3.00 e. The standard InChI is InChI=1S/C2H2O4.Nd.H2O/c3-1(4)2(5)6;;/h(H,3,4)(H,5,6);;1H2/q;+3;/p-2. The van der Waals surface area contributed by atoms with Gasteiger partial charge in [-0.1, -0.05) is 0 Å². The van der Waals surface area contributed by atoms with E-state index in [2.05, 4.69) is 0 Å². The molecule has 0 aliphatic carbocycles. The van der Waals surface area contributed by atoms with Crippen LogP contribution >= 0.6 is 0 Å². The van der Waals surface area contributed by atoms with Crippen molar-refractivity contribution < 1.29 is 66.1 Å². The van der Waals surface area contributed by atoms with Gasteiger partial charge in [-0.05, 0) is 0 Å². The average molecular weight is 250 g/mol. The molecule has 0 heterocycles. The van der Waals surface area contributed by atoms with Crippen LogP contribution < -0.4 is 10.2 Å². The van der Waals surface area contributed by atoms with Gasteiger partial charge in [0.25, 0.3) is 0 Å². The first-order valence-electron chi connectivity index (χ1n) is 1.07. The average Bonchev–Trinajstić information content (AvgIpc) is 1.36. The van der Waals surface area contributed by atoms with Crippen LogP contribution in [-0.4, -0.2) is 17.4 Å². The fourth-order valence-electron chi connectivity index (χ4n) is 0. The van der Waals surface area contributed by atoms with Gasteiger partial charge in [0.05, 0.1) is 11.9 Å². The second kappa shape index (κ2) is 7.25. The maximum Gasteiger partial charge on any atom is 3.00 e. The summed E-state index contributed by atoms with van der Waals surface area (Å²) in [6.07, 6.45) is 0. The minimum Gasteiger partial charge on any atom is -0.543 e. The van der Waals surface area contributed by atoms with Gasteiger partial charge in [-0.2, -0.15) is 0 Å². The minimum absolute atomic E-state index is 0. The van der Waals surface area contributed by atoms with Crippen LogP contribution in [0.25, 0.3) is 0 Å². The van der Waals surface area contributed by atoms with Crippen LogP contribution in [0, 0.1) is 40.8 Å². The van der Waals surface area contributed by atoms with E-state index >= 15 is 0 Å². The van der Waals surface area contributed by atoms with Crippen LogP contribution in [-0.2, 0) is 9.59 Å². The third kappa shape index (κ3) is 9.54. The topological polar surface area (TPSA) is 112 Å². The maximum atomic E-state index is 8.93. The van der Waals surface area contributed by atoms with Crippen molar-refractivity contribution in [2.24, 2.45) is 0 Å². The second-order valence-electron chi connectivity index (χ2n) is 0.575. The molecule has 0 atom stereocenters. The Morgan fingerprint density at radius 1 is 1.00 bits per heavy atom. The molecule has 2 N–H and O–H groups in total. The zero-order chi connectivity index (χ0) is 5.15. The smallest absolute Gasteiger partial charge is 0.543 e. The molecular formula is C2H2NdO5+. The summed E-state index contributed by atoms with van der Waals surface area (Å²) in [5.74, 6) is -4.37. The maximum absolute atomic E-state index is 8.93. The summed E-state index contributed by atoms with van der Waals surface area (Å²) in [7, 11) is 0. The van der Waals surface area contributed by atoms with E-state index in [1.807, 2.05) is 0 Å². The number of carboxylic acids is 2. The van der Waals surface area contributed by atoms with E-state index in [1.165, 1.54) is 0 Å². The normalized spacial score (nSPS) is 5.50. The molecule has 0 rings (SSSR count). The van der Waals surface area contributed by atoms with Crippen LogP contribution in [0.3, 0.4) is 0 Å². The van der Waals surface area contributed by atoms with Gasteiger partial charge < -0.3 is 25.3 Å². The fourth-order valence-corrected chi connectivity index (χ4v) is 0. The summed E-state index contributed by atoms with van der Waals surface area (Å²) in [6.45, 7) is 0. The molecule has 0 amide bonds. The summed E-state index contributed by atoms with van der Waals surface area (Å²) in [6, 6.07) is 0. The first-order chi connectivity index (χ1) is 2.64. The number of hydrogen-bond donors (Lipinski definition) is 0. The molecule has 0 aliphatic heterocycles. The van der Waals surface area contributed by atoms with Gasteiger partial charge in [-0.15, -0.1) is 0 Å². The third-order valence-corrected chi connectivity index (χ3v) is 0.167. The van der Waals surface area contributed by atoms with Crippen LogP contribution in [0.1, 0.15) is 0 Å². The molecule has 0 aliphatic rings. The van der Waals surface area contributed by atoms with Crippen molar-refractivity contribution in [3.8, 4) is 0 Å². The summed E-state index contributed by atoms with van der Waals surface area (Å²) in [5, 5.41) is 17.9. The Bertz CT molecular complexity index is 76.4. The summed E-state index contributed by atoms with van der Waals surface area (Å²) < 4.78 is 0. The summed E-state index contributed by atoms with van der Waals surface area (Å²) in [5.41, 5.74) is 0. The molecule has 8 heavy (non-hydrogen) atoms. The summed E-state index contributed by atoms with van der Waals surface area (Å²) in [4.78, 5) is 17.9. The van der Waals surface area contributed by atoms with E-state index in [0.29, 0.717) is 0 Å². The first-order valence-corrected chi connectivity index (χ1v) is 1.07. The zero-order valence-electron chi connectivity index (χ0n) is 3.63. The number of carbonyl (C=O) groups is 2. The Balaban J connectivity index is -0.000000125. The predicted octanol–water partition coefficient (Wildman–Crippen LogP) is -4.34. The predicted molar refractivity (Wildman–Crippen MR) is 13.6 cm³/mol. The van der Waals surface area contributed by atoms with Gasteiger partial charge in [0, 0.05) is 0 Å². The number of aliphatic carboxylic acids is 2. The van der Waals surface area contributed by atoms with Crippen molar-refractivity contribution in [2.75, 3.05) is 0 Å². The molecule has 5 nitrogen and oxygen atoms in total. The molecule has 0 aromatic heterocycles. The van der Waals surface area contributed by atoms with Gasteiger partial charge in [0.2, 0.25) is 0 Å². The Morgan fingerprint density at radius 3 is 1.12 bits per heavy atom. The Hall–Kier alpha value is 0.251. The number of carboxylic acid groups (broad SMARTS) is 2. The van der Waals surface area contributed by atoms with Gasteiger partial charge in [0.15, 0.2) is 0 Å². The van der Waals surface area contributed by atoms with E-state index in [-0.39, 0.29) is 46.3 Å². The SMILES string of the molecule is O.O=C([O-])C(=O)[O-].[Nd+3]. The van der Waals surface area contributed by atoms with Crippen LogP contribution in [0.5, 0.6) is 0 Å². The quantitative estimate of drug-likeness (QED) is 0.404. The molecule has 43 valence electrons. The molecule has 0 fully saturated rings. The molecule has 1 radical (unpaired) electrons. The van der Waals surface area contributed by atoms with Crippen LogP contribution in [0.4, 0.5) is 0 Å². The zero-order valence-corrected chi connectivity index (χ0v) is 6.84. The molecule has 0 aromatic rings. The Kier molecular flexibility index (Phi) is 14.3. The molecule has 0 spiro atoms. The van der Waals surface area contributed by atoms with Crippen molar-refractivity contribution in [1.29, 1.82) is 0 Å². The molecule has 6 heteroatoms. The van der Waals surface area contributed by atoms with Crippen LogP contribution in [0.15, 0.2) is 0 Å². The monoisotopic (exact) mass is 248 g/mol. The van der Waals surface area contributed by atoms with Gasteiger partial charge in [-0.25, -0.2) is 0 Å². The first kappa shape index (κ1) is 15.7. The Labute approximate surface area is 77.5 Å². The van der Waals surface area contributed by atoms with E-state index in [0.717, 1.165) is 0 Å². The molecule has 0 bridgehead atoms. The molecule has 0 saturated heterocycles. The molecular weight excluding hydrogens is 248 g/mol. The van der Waals surface area contributed by atoms with E-state index < -0.39 is 11.9 Å². The second-order valence-corrected chi connectivity index (χ2v) is 0.575. The van der Waals surface area contributed by atoms with Gasteiger partial charge >= 0.3 is 40.8 Å². The van der Waals surface area contributed by atoms with Crippen LogP contribution in [0.2, 0.25) is 0 Å². The van der Waals surface area contributed by atoms with Crippen molar-refractivity contribution in [2.45, 2.75) is 0 Å². The minimum atomic E-state index is -2.19. The summed E-state index contributed by atoms with van der Waals surface area (Å²) >= 11 is 0. The Morgan fingerprint density at radius 2 is 1.12 bits per heavy atom. The number of rotatable bonds is 0. The van der Waals surface area contributed by atoms with Gasteiger partial charge in [0.1, 0.15) is 0 Å². The van der Waals surface area contributed by atoms with Gasteiger partial charge in [-0.3, -0.25) is 0 Å². The molecule has 0 aromatic carbocycles. The van der Waals surface area contributed by atoms with Crippen molar-refractivity contribution in [3.63, 3.8) is 0 Å². The molecule has 0 saturated carbocycles. The van der Waals surface area contributed by atoms with E-state index in [4.69, 9.17) is 19.8 Å².